The Morgan fingerprint density at radius 2 is 2.15 bits per heavy atom. The van der Waals surface area contributed by atoms with Crippen LogP contribution in [0.1, 0.15) is 48.6 Å². The van der Waals surface area contributed by atoms with Crippen LogP contribution < -0.4 is 10.1 Å². The number of ether oxygens (including phenoxy) is 2. The van der Waals surface area contributed by atoms with E-state index in [0.29, 0.717) is 22.7 Å². The van der Waals surface area contributed by atoms with Crippen molar-refractivity contribution in [3.63, 3.8) is 0 Å². The minimum atomic E-state index is 0.105. The molecule has 0 amide bonds. The first kappa shape index (κ1) is 17.7. The van der Waals surface area contributed by atoms with E-state index < -0.39 is 0 Å². The zero-order valence-electron chi connectivity index (χ0n) is 15.1. The molecule has 138 valence electrons. The van der Waals surface area contributed by atoms with Crippen molar-refractivity contribution in [2.24, 2.45) is 5.92 Å². The summed E-state index contributed by atoms with van der Waals surface area (Å²) in [5, 5.41) is 14.0. The molecule has 2 aromatic carbocycles. The Bertz CT molecular complexity index is 823. The van der Waals surface area contributed by atoms with Crippen LogP contribution in [0, 0.1) is 12.8 Å². The molecule has 3 atom stereocenters. The van der Waals surface area contributed by atoms with Crippen LogP contribution in [0.15, 0.2) is 34.8 Å². The fraction of sp³-hybridized carbons (Fsp3) is 0.429. The lowest BCUT2D eigenvalue weighted by molar-refractivity contribution is -0.0381. The maximum atomic E-state index is 10.3. The fourth-order valence-corrected chi connectivity index (χ4v) is 4.62. The predicted molar refractivity (Wildman–Crippen MR) is 106 cm³/mol. The second-order valence-electron chi connectivity index (χ2n) is 7.09. The third-order valence-electron chi connectivity index (χ3n) is 5.33. The van der Waals surface area contributed by atoms with E-state index in [1.54, 1.807) is 0 Å². The summed E-state index contributed by atoms with van der Waals surface area (Å²) in [7, 11) is 0. The third-order valence-corrected chi connectivity index (χ3v) is 5.94. The standard InChI is InChI=1S/C21H24BrNO3/c1-3-25-18-11-13(10-16(22)20(18)24)19-14-5-4-8-26-21(14)15-9-12(2)6-7-17(15)23-19/h6-7,9-11,14,19,21,23-24H,3-5,8H2,1-2H3/t14-,19+,21-/m0/s1. The molecule has 1 fully saturated rings. The van der Waals surface area contributed by atoms with Gasteiger partial charge < -0.3 is 19.9 Å². The summed E-state index contributed by atoms with van der Waals surface area (Å²) in [6.45, 7) is 5.36. The molecule has 1 saturated heterocycles. The van der Waals surface area contributed by atoms with E-state index in [1.165, 1.54) is 11.1 Å². The van der Waals surface area contributed by atoms with Crippen LogP contribution in [0.25, 0.3) is 0 Å². The first-order chi connectivity index (χ1) is 12.6. The van der Waals surface area contributed by atoms with E-state index in [2.05, 4.69) is 46.4 Å². The van der Waals surface area contributed by atoms with Crippen LogP contribution in [-0.4, -0.2) is 18.3 Å². The summed E-state index contributed by atoms with van der Waals surface area (Å²) in [4.78, 5) is 0. The van der Waals surface area contributed by atoms with Gasteiger partial charge >= 0.3 is 0 Å². The topological polar surface area (TPSA) is 50.7 Å². The van der Waals surface area contributed by atoms with Crippen molar-refractivity contribution in [1.29, 1.82) is 0 Å². The third kappa shape index (κ3) is 3.08. The molecule has 0 aromatic heterocycles. The lowest BCUT2D eigenvalue weighted by Crippen LogP contribution is -2.36. The zero-order chi connectivity index (χ0) is 18.3. The van der Waals surface area contributed by atoms with Crippen LogP contribution >= 0.6 is 15.9 Å². The number of phenolic OH excluding ortho intramolecular Hbond substituents is 1. The summed E-state index contributed by atoms with van der Waals surface area (Å²) >= 11 is 3.47. The van der Waals surface area contributed by atoms with E-state index in [4.69, 9.17) is 9.47 Å². The normalized spacial score (nSPS) is 24.3. The monoisotopic (exact) mass is 417 g/mol. The van der Waals surface area contributed by atoms with Crippen LogP contribution in [0.5, 0.6) is 11.5 Å². The summed E-state index contributed by atoms with van der Waals surface area (Å²) in [5.74, 6) is 1.02. The van der Waals surface area contributed by atoms with Crippen LogP contribution in [0.4, 0.5) is 5.69 Å². The number of anilines is 1. The second-order valence-corrected chi connectivity index (χ2v) is 7.95. The summed E-state index contributed by atoms with van der Waals surface area (Å²) in [6.07, 6.45) is 2.28. The van der Waals surface area contributed by atoms with Gasteiger partial charge in [0.05, 0.1) is 23.2 Å². The fourth-order valence-electron chi connectivity index (χ4n) is 4.16. The molecule has 4 nitrogen and oxygen atoms in total. The van der Waals surface area contributed by atoms with Gasteiger partial charge in [-0.3, -0.25) is 0 Å². The molecule has 2 aliphatic rings. The summed E-state index contributed by atoms with van der Waals surface area (Å²) in [5.41, 5.74) is 4.74. The molecule has 0 unspecified atom stereocenters. The highest BCUT2D eigenvalue weighted by Crippen LogP contribution is 2.50. The van der Waals surface area contributed by atoms with Crippen molar-refractivity contribution < 1.29 is 14.6 Å². The number of rotatable bonds is 3. The summed E-state index contributed by atoms with van der Waals surface area (Å²) < 4.78 is 12.5. The maximum absolute atomic E-state index is 10.3. The van der Waals surface area contributed by atoms with Gasteiger partial charge in [-0.2, -0.15) is 0 Å². The maximum Gasteiger partial charge on any atom is 0.172 e. The van der Waals surface area contributed by atoms with Gasteiger partial charge in [0.25, 0.3) is 0 Å². The molecule has 2 aromatic rings. The highest BCUT2D eigenvalue weighted by molar-refractivity contribution is 9.10. The zero-order valence-corrected chi connectivity index (χ0v) is 16.7. The highest BCUT2D eigenvalue weighted by atomic mass is 79.9. The quantitative estimate of drug-likeness (QED) is 0.692. The van der Waals surface area contributed by atoms with Gasteiger partial charge in [-0.25, -0.2) is 0 Å². The van der Waals surface area contributed by atoms with Crippen LogP contribution in [0.2, 0.25) is 0 Å². The molecule has 2 aliphatic heterocycles. The van der Waals surface area contributed by atoms with Gasteiger partial charge in [0.15, 0.2) is 11.5 Å². The van der Waals surface area contributed by atoms with E-state index in [0.717, 1.165) is 30.7 Å². The molecular formula is C21H24BrNO3. The van der Waals surface area contributed by atoms with Gasteiger partial charge in [-0.05, 0) is 66.4 Å². The van der Waals surface area contributed by atoms with Gasteiger partial charge in [0, 0.05) is 23.8 Å². The Labute approximate surface area is 162 Å². The molecule has 2 N–H and O–H groups in total. The molecule has 2 heterocycles. The smallest absolute Gasteiger partial charge is 0.172 e. The highest BCUT2D eigenvalue weighted by Gasteiger charge is 2.40. The number of aryl methyl sites for hydroxylation is 1. The Morgan fingerprint density at radius 3 is 2.96 bits per heavy atom. The number of halogens is 1. The number of benzene rings is 2. The van der Waals surface area contributed by atoms with E-state index in [9.17, 15) is 5.11 Å². The van der Waals surface area contributed by atoms with Crippen molar-refractivity contribution in [1.82, 2.24) is 0 Å². The van der Waals surface area contributed by atoms with Crippen molar-refractivity contribution >= 4 is 21.6 Å². The second kappa shape index (κ2) is 7.12. The molecule has 0 radical (unpaired) electrons. The van der Waals surface area contributed by atoms with E-state index >= 15 is 0 Å². The number of fused-ring (bicyclic) bond motifs is 3. The van der Waals surface area contributed by atoms with Crippen molar-refractivity contribution in [3.8, 4) is 11.5 Å². The van der Waals surface area contributed by atoms with E-state index in [1.807, 2.05) is 19.1 Å². The number of aromatic hydroxyl groups is 1. The van der Waals surface area contributed by atoms with Crippen molar-refractivity contribution in [3.05, 3.63) is 51.5 Å². The molecule has 26 heavy (non-hydrogen) atoms. The number of hydrogen-bond acceptors (Lipinski definition) is 4. The van der Waals surface area contributed by atoms with Crippen molar-refractivity contribution in [2.45, 2.75) is 38.8 Å². The van der Waals surface area contributed by atoms with Gasteiger partial charge in [-0.1, -0.05) is 17.7 Å². The largest absolute Gasteiger partial charge is 0.503 e. The molecule has 0 spiro atoms. The average molecular weight is 418 g/mol. The molecule has 0 aliphatic carbocycles. The minimum Gasteiger partial charge on any atom is -0.503 e. The molecule has 0 saturated carbocycles. The average Bonchev–Trinajstić information content (AvgIpc) is 2.65. The molecule has 0 bridgehead atoms. The predicted octanol–water partition coefficient (Wildman–Crippen LogP) is 5.50. The van der Waals surface area contributed by atoms with Crippen LogP contribution in [0.3, 0.4) is 0 Å². The molecule has 4 rings (SSSR count). The summed E-state index contributed by atoms with van der Waals surface area (Å²) in [6, 6.07) is 10.6. The van der Waals surface area contributed by atoms with Gasteiger partial charge in [0.1, 0.15) is 0 Å². The van der Waals surface area contributed by atoms with Crippen molar-refractivity contribution in [2.75, 3.05) is 18.5 Å². The lowest BCUT2D eigenvalue weighted by Gasteiger charge is -2.43. The lowest BCUT2D eigenvalue weighted by atomic mass is 9.77. The van der Waals surface area contributed by atoms with Gasteiger partial charge in [-0.15, -0.1) is 0 Å². The Kier molecular flexibility index (Phi) is 4.84. The Hall–Kier alpha value is -1.72. The number of nitrogens with one attached hydrogen (secondary N) is 1. The first-order valence-corrected chi connectivity index (χ1v) is 10.0. The van der Waals surface area contributed by atoms with E-state index in [-0.39, 0.29) is 17.9 Å². The Balaban J connectivity index is 1.78. The first-order valence-electron chi connectivity index (χ1n) is 9.22. The molecular weight excluding hydrogens is 394 g/mol. The number of phenols is 1. The Morgan fingerprint density at radius 1 is 1.31 bits per heavy atom. The minimum absolute atomic E-state index is 0.105. The SMILES string of the molecule is CCOc1cc([C@H]2Nc3ccc(C)cc3[C@H]3OCCC[C@@H]23)cc(Br)c1O. The van der Waals surface area contributed by atoms with Crippen LogP contribution in [-0.2, 0) is 4.74 Å². The molecule has 5 heteroatoms. The number of hydrogen-bond donors (Lipinski definition) is 2. The van der Waals surface area contributed by atoms with Gasteiger partial charge in [0.2, 0.25) is 0 Å².